The van der Waals surface area contributed by atoms with E-state index in [0.717, 1.165) is 49.8 Å². The molecule has 158 valence electrons. The van der Waals surface area contributed by atoms with Gasteiger partial charge < -0.3 is 0 Å². The third-order valence-electron chi connectivity index (χ3n) is 5.74. The second-order valence-corrected chi connectivity index (χ2v) is 7.99. The minimum Gasteiger partial charge on any atom is -0.297 e. The molecule has 1 aliphatic heterocycles. The van der Waals surface area contributed by atoms with Crippen LogP contribution in [0.25, 0.3) is 0 Å². The van der Waals surface area contributed by atoms with Crippen LogP contribution in [0, 0.1) is 0 Å². The first-order valence-electron chi connectivity index (χ1n) is 10.2. The zero-order valence-corrected chi connectivity index (χ0v) is 16.9. The Morgan fingerprint density at radius 3 is 2.67 bits per heavy atom. The lowest BCUT2D eigenvalue weighted by atomic mass is 9.93. The summed E-state index contributed by atoms with van der Waals surface area (Å²) in [5.74, 6) is 0.370. The third-order valence-corrected chi connectivity index (χ3v) is 5.74. The van der Waals surface area contributed by atoms with Crippen LogP contribution in [0.15, 0.2) is 54.9 Å². The molecule has 2 aromatic heterocycles. The monoisotopic (exact) mass is 414 g/mol. The van der Waals surface area contributed by atoms with Gasteiger partial charge in [0.05, 0.1) is 11.3 Å². The van der Waals surface area contributed by atoms with E-state index in [0.29, 0.717) is 17.9 Å². The Labute approximate surface area is 174 Å². The van der Waals surface area contributed by atoms with Gasteiger partial charge in [-0.1, -0.05) is 24.3 Å². The number of nitrogens with zero attached hydrogens (tertiary/aromatic N) is 4. The van der Waals surface area contributed by atoms with Crippen molar-refractivity contribution in [1.82, 2.24) is 19.7 Å². The summed E-state index contributed by atoms with van der Waals surface area (Å²) in [5.41, 5.74) is 3.19. The highest BCUT2D eigenvalue weighted by atomic mass is 19.4. The number of alkyl halides is 3. The number of benzene rings is 1. The number of aryl methyl sites for hydroxylation is 1. The first-order chi connectivity index (χ1) is 14.4. The van der Waals surface area contributed by atoms with Gasteiger partial charge in [-0.2, -0.15) is 18.3 Å². The molecular formula is C23H25F3N4. The maximum absolute atomic E-state index is 12.9. The van der Waals surface area contributed by atoms with Crippen molar-refractivity contribution in [2.24, 2.45) is 7.05 Å². The van der Waals surface area contributed by atoms with Crippen molar-refractivity contribution in [2.45, 2.75) is 37.9 Å². The topological polar surface area (TPSA) is 34.0 Å². The normalized spacial score (nSPS) is 17.9. The first-order valence-corrected chi connectivity index (χ1v) is 10.2. The van der Waals surface area contributed by atoms with Crippen molar-refractivity contribution in [1.29, 1.82) is 0 Å². The third kappa shape index (κ3) is 4.90. The van der Waals surface area contributed by atoms with Gasteiger partial charge in [0.25, 0.3) is 0 Å². The Balaban J connectivity index is 1.40. The molecule has 0 saturated carbocycles. The Morgan fingerprint density at radius 2 is 1.97 bits per heavy atom. The fourth-order valence-corrected chi connectivity index (χ4v) is 4.10. The lowest BCUT2D eigenvalue weighted by molar-refractivity contribution is -0.137. The highest BCUT2D eigenvalue weighted by Gasteiger charge is 2.30. The Morgan fingerprint density at radius 1 is 1.10 bits per heavy atom. The molecule has 0 radical (unpaired) electrons. The molecular weight excluding hydrogens is 389 g/mol. The number of pyridine rings is 1. The minimum absolute atomic E-state index is 0.370. The van der Waals surface area contributed by atoms with E-state index in [2.05, 4.69) is 15.0 Å². The summed E-state index contributed by atoms with van der Waals surface area (Å²) in [5, 5.41) is 4.24. The quantitative estimate of drug-likeness (QED) is 0.601. The largest absolute Gasteiger partial charge is 0.416 e. The lowest BCUT2D eigenvalue weighted by Gasteiger charge is -2.32. The van der Waals surface area contributed by atoms with Gasteiger partial charge in [-0.15, -0.1) is 0 Å². The number of hydrogen-bond donors (Lipinski definition) is 0. The molecule has 1 atom stereocenters. The first kappa shape index (κ1) is 20.6. The predicted octanol–water partition coefficient (Wildman–Crippen LogP) is 4.80. The van der Waals surface area contributed by atoms with Gasteiger partial charge in [-0.25, -0.2) is 0 Å². The van der Waals surface area contributed by atoms with Crippen molar-refractivity contribution in [3.8, 4) is 0 Å². The van der Waals surface area contributed by atoms with Crippen LogP contribution in [0.4, 0.5) is 13.2 Å². The maximum Gasteiger partial charge on any atom is 0.416 e. The molecule has 1 unspecified atom stereocenters. The van der Waals surface area contributed by atoms with Crippen molar-refractivity contribution in [2.75, 3.05) is 13.1 Å². The number of hydrogen-bond acceptors (Lipinski definition) is 3. The van der Waals surface area contributed by atoms with Crippen molar-refractivity contribution in [3.63, 3.8) is 0 Å². The minimum atomic E-state index is -4.32. The van der Waals surface area contributed by atoms with E-state index in [-0.39, 0.29) is 0 Å². The fourth-order valence-electron chi connectivity index (χ4n) is 4.10. The van der Waals surface area contributed by atoms with Crippen LogP contribution < -0.4 is 0 Å². The molecule has 0 N–H and O–H groups in total. The maximum atomic E-state index is 12.9. The van der Waals surface area contributed by atoms with E-state index in [9.17, 15) is 13.2 Å². The van der Waals surface area contributed by atoms with Crippen LogP contribution >= 0.6 is 0 Å². The average Bonchev–Trinajstić information content (AvgIpc) is 3.13. The molecule has 0 bridgehead atoms. The molecule has 0 aliphatic carbocycles. The molecule has 4 rings (SSSR count). The van der Waals surface area contributed by atoms with Crippen molar-refractivity contribution < 1.29 is 13.2 Å². The van der Waals surface area contributed by atoms with Gasteiger partial charge in [0, 0.05) is 44.1 Å². The van der Waals surface area contributed by atoms with Crippen LogP contribution in [0.1, 0.15) is 46.8 Å². The van der Waals surface area contributed by atoms with E-state index in [1.54, 1.807) is 12.3 Å². The van der Waals surface area contributed by atoms with Crippen LogP contribution in [-0.4, -0.2) is 32.8 Å². The summed E-state index contributed by atoms with van der Waals surface area (Å²) in [4.78, 5) is 7.09. The summed E-state index contributed by atoms with van der Waals surface area (Å²) in [6, 6.07) is 11.6. The van der Waals surface area contributed by atoms with Gasteiger partial charge in [-0.3, -0.25) is 14.6 Å². The molecule has 3 aromatic rings. The SMILES string of the molecule is Cn1nccc1CN1CCCC(c2ccc(Cc3cccc(C(F)(F)F)c3)cn2)C1. The summed E-state index contributed by atoms with van der Waals surface area (Å²) >= 11 is 0. The van der Waals surface area contributed by atoms with Gasteiger partial charge >= 0.3 is 6.18 Å². The molecule has 0 amide bonds. The Bertz CT molecular complexity index is 979. The summed E-state index contributed by atoms with van der Waals surface area (Å²) in [7, 11) is 1.96. The molecule has 1 aromatic carbocycles. The van der Waals surface area contributed by atoms with Crippen molar-refractivity contribution >= 4 is 0 Å². The van der Waals surface area contributed by atoms with Gasteiger partial charge in [-0.05, 0) is 55.1 Å². The fraction of sp³-hybridized carbons (Fsp3) is 0.391. The zero-order valence-electron chi connectivity index (χ0n) is 16.9. The zero-order chi connectivity index (χ0) is 21.1. The highest BCUT2D eigenvalue weighted by molar-refractivity contribution is 5.30. The molecule has 1 saturated heterocycles. The Hall–Kier alpha value is -2.67. The standard InChI is InChI=1S/C23H25F3N4/c1-29-21(9-10-28-29)16-30-11-3-5-19(15-30)22-8-7-18(14-27-22)12-17-4-2-6-20(13-17)23(24,25)26/h2,4,6-10,13-14,19H,3,5,11-12,15-16H2,1H3. The predicted molar refractivity (Wildman–Crippen MR) is 109 cm³/mol. The van der Waals surface area contributed by atoms with Crippen LogP contribution in [0.5, 0.6) is 0 Å². The van der Waals surface area contributed by atoms with Gasteiger partial charge in [0.2, 0.25) is 0 Å². The van der Waals surface area contributed by atoms with Crippen LogP contribution in [0.2, 0.25) is 0 Å². The van der Waals surface area contributed by atoms with E-state index >= 15 is 0 Å². The second-order valence-electron chi connectivity index (χ2n) is 7.99. The number of likely N-dealkylation sites (tertiary alicyclic amines) is 1. The molecule has 3 heterocycles. The van der Waals surface area contributed by atoms with Crippen molar-refractivity contribution in [3.05, 3.63) is 82.9 Å². The Kier molecular flexibility index (Phi) is 5.90. The van der Waals surface area contributed by atoms with Crippen LogP contribution in [0.3, 0.4) is 0 Å². The number of aromatic nitrogens is 3. The van der Waals surface area contributed by atoms with E-state index < -0.39 is 11.7 Å². The average molecular weight is 414 g/mol. The molecule has 7 heteroatoms. The number of halogens is 3. The molecule has 1 fully saturated rings. The van der Waals surface area contributed by atoms with E-state index in [1.165, 1.54) is 17.8 Å². The van der Waals surface area contributed by atoms with E-state index in [1.807, 2.05) is 36.1 Å². The molecule has 4 nitrogen and oxygen atoms in total. The highest BCUT2D eigenvalue weighted by Crippen LogP contribution is 2.30. The molecule has 1 aliphatic rings. The van der Waals surface area contributed by atoms with Gasteiger partial charge in [0.15, 0.2) is 0 Å². The second kappa shape index (κ2) is 8.60. The lowest BCUT2D eigenvalue weighted by Crippen LogP contribution is -2.34. The van der Waals surface area contributed by atoms with E-state index in [4.69, 9.17) is 0 Å². The van der Waals surface area contributed by atoms with Gasteiger partial charge in [0.1, 0.15) is 0 Å². The molecule has 0 spiro atoms. The van der Waals surface area contributed by atoms with Crippen LogP contribution in [-0.2, 0) is 26.2 Å². The molecule has 30 heavy (non-hydrogen) atoms. The smallest absolute Gasteiger partial charge is 0.297 e. The summed E-state index contributed by atoms with van der Waals surface area (Å²) in [6.45, 7) is 2.89. The number of piperidine rings is 1. The summed E-state index contributed by atoms with van der Waals surface area (Å²) in [6.07, 6.45) is 1.96. The number of rotatable bonds is 5. The summed E-state index contributed by atoms with van der Waals surface area (Å²) < 4.78 is 40.7.